The zero-order chi connectivity index (χ0) is 13.9. The van der Waals surface area contributed by atoms with Crippen molar-refractivity contribution in [1.29, 1.82) is 0 Å². The zero-order valence-electron chi connectivity index (χ0n) is 13.9. The molecule has 0 spiro atoms. The predicted octanol–water partition coefficient (Wildman–Crippen LogP) is 1.45. The van der Waals surface area contributed by atoms with Gasteiger partial charge in [-0.1, -0.05) is 46.5 Å². The predicted molar refractivity (Wildman–Crippen MR) is 80.6 cm³/mol. The Balaban J connectivity index is 0. The Bertz CT molecular complexity index is 184. The van der Waals surface area contributed by atoms with Gasteiger partial charge in [0.25, 0.3) is 0 Å². The van der Waals surface area contributed by atoms with Crippen LogP contribution in [0.3, 0.4) is 0 Å². The fourth-order valence-corrected chi connectivity index (χ4v) is 2.02. The molecule has 2 nitrogen and oxygen atoms in total. The van der Waals surface area contributed by atoms with Crippen LogP contribution in [0.2, 0.25) is 0 Å². The first-order valence-electron chi connectivity index (χ1n) is 7.87. The second-order valence-electron chi connectivity index (χ2n) is 6.65. The maximum atomic E-state index is 5.78. The van der Waals surface area contributed by atoms with Gasteiger partial charge in [-0.2, -0.15) is 0 Å². The van der Waals surface area contributed by atoms with Crippen LogP contribution in [0.25, 0.3) is 0 Å². The summed E-state index contributed by atoms with van der Waals surface area (Å²) >= 11 is 0. The van der Waals surface area contributed by atoms with Crippen molar-refractivity contribution in [1.82, 2.24) is 0 Å². The molecular formula is C16H36ClNO. The Hall–Kier alpha value is 0.210. The Morgan fingerprint density at radius 3 is 2.11 bits per heavy atom. The highest BCUT2D eigenvalue weighted by Crippen LogP contribution is 2.08. The fraction of sp³-hybridized carbons (Fsp3) is 1.00. The first-order chi connectivity index (χ1) is 8.48. The third kappa shape index (κ3) is 16.2. The molecule has 0 aromatic carbocycles. The normalized spacial score (nSPS) is 11.7. The molecule has 19 heavy (non-hydrogen) atoms. The van der Waals surface area contributed by atoms with Crippen molar-refractivity contribution < 1.29 is 21.6 Å². The molecule has 0 rings (SSSR count). The van der Waals surface area contributed by atoms with Gasteiger partial charge >= 0.3 is 0 Å². The third-order valence-corrected chi connectivity index (χ3v) is 3.40. The molecule has 0 saturated carbocycles. The van der Waals surface area contributed by atoms with Crippen LogP contribution in [0.4, 0.5) is 0 Å². The number of quaternary nitrogens is 1. The molecule has 0 aromatic rings. The summed E-state index contributed by atoms with van der Waals surface area (Å²) in [6.45, 7) is 9.79. The van der Waals surface area contributed by atoms with Crippen molar-refractivity contribution in [3.05, 3.63) is 0 Å². The molecule has 0 atom stereocenters. The third-order valence-electron chi connectivity index (χ3n) is 3.40. The van der Waals surface area contributed by atoms with E-state index in [4.69, 9.17) is 4.74 Å². The summed E-state index contributed by atoms with van der Waals surface area (Å²) in [5.41, 5.74) is 0. The highest BCUT2D eigenvalue weighted by Gasteiger charge is 2.14. The minimum Gasteiger partial charge on any atom is -1.00 e. The monoisotopic (exact) mass is 293 g/mol. The van der Waals surface area contributed by atoms with E-state index >= 15 is 0 Å². The van der Waals surface area contributed by atoms with Crippen LogP contribution in [0, 0.1) is 5.92 Å². The Kier molecular flexibility index (Phi) is 14.9. The van der Waals surface area contributed by atoms with Crippen LogP contribution >= 0.6 is 0 Å². The van der Waals surface area contributed by atoms with Crippen molar-refractivity contribution in [3.63, 3.8) is 0 Å². The van der Waals surface area contributed by atoms with Crippen molar-refractivity contribution in [2.24, 2.45) is 5.92 Å². The fourth-order valence-electron chi connectivity index (χ4n) is 2.02. The van der Waals surface area contributed by atoms with Crippen LogP contribution < -0.4 is 12.4 Å². The Morgan fingerprint density at radius 1 is 0.947 bits per heavy atom. The second-order valence-corrected chi connectivity index (χ2v) is 6.65. The maximum absolute atomic E-state index is 5.78. The van der Waals surface area contributed by atoms with E-state index in [2.05, 4.69) is 34.9 Å². The molecule has 0 fully saturated rings. The van der Waals surface area contributed by atoms with Gasteiger partial charge in [0.2, 0.25) is 0 Å². The summed E-state index contributed by atoms with van der Waals surface area (Å²) in [6, 6.07) is 0. The molecule has 0 amide bonds. The van der Waals surface area contributed by atoms with Crippen LogP contribution in [0.1, 0.15) is 65.7 Å². The summed E-state index contributed by atoms with van der Waals surface area (Å²) in [5, 5.41) is 0. The van der Waals surface area contributed by atoms with Crippen molar-refractivity contribution in [2.75, 3.05) is 34.0 Å². The zero-order valence-corrected chi connectivity index (χ0v) is 14.6. The Morgan fingerprint density at radius 2 is 1.53 bits per heavy atom. The summed E-state index contributed by atoms with van der Waals surface area (Å²) in [7, 11) is 4.56. The first kappa shape index (κ1) is 21.5. The van der Waals surface area contributed by atoms with Gasteiger partial charge < -0.3 is 21.6 Å². The summed E-state index contributed by atoms with van der Waals surface area (Å²) in [5.74, 6) is 0.749. The minimum atomic E-state index is 0. The van der Waals surface area contributed by atoms with E-state index in [-0.39, 0.29) is 12.4 Å². The van der Waals surface area contributed by atoms with Gasteiger partial charge in [0.05, 0.1) is 27.2 Å². The van der Waals surface area contributed by atoms with Gasteiger partial charge in [-0.05, 0) is 25.2 Å². The van der Waals surface area contributed by atoms with Crippen LogP contribution in [-0.2, 0) is 4.74 Å². The number of hydrogen-bond donors (Lipinski definition) is 0. The maximum Gasteiger partial charge on any atom is 0.182 e. The van der Waals surface area contributed by atoms with Crippen molar-refractivity contribution >= 4 is 0 Å². The van der Waals surface area contributed by atoms with Crippen LogP contribution in [0.15, 0.2) is 0 Å². The lowest BCUT2D eigenvalue weighted by molar-refractivity contribution is -0.910. The van der Waals surface area contributed by atoms with Gasteiger partial charge in [0.1, 0.15) is 0 Å². The average Bonchev–Trinajstić information content (AvgIpc) is 2.29. The van der Waals surface area contributed by atoms with Crippen molar-refractivity contribution in [3.8, 4) is 0 Å². The Labute approximate surface area is 127 Å². The molecule has 3 heteroatoms. The highest BCUT2D eigenvalue weighted by atomic mass is 35.5. The molecule has 0 aliphatic rings. The van der Waals surface area contributed by atoms with Gasteiger partial charge in [-0.3, -0.25) is 0 Å². The highest BCUT2D eigenvalue weighted by molar-refractivity contribution is 4.44. The molecule has 0 aliphatic carbocycles. The van der Waals surface area contributed by atoms with Gasteiger partial charge in [0.15, 0.2) is 6.73 Å². The second kappa shape index (κ2) is 13.2. The largest absolute Gasteiger partial charge is 1.00 e. The first-order valence-corrected chi connectivity index (χ1v) is 7.87. The van der Waals surface area contributed by atoms with E-state index in [9.17, 15) is 0 Å². The molecule has 0 N–H and O–H groups in total. The summed E-state index contributed by atoms with van der Waals surface area (Å²) in [6.07, 6.45) is 9.45. The molecule has 0 unspecified atom stereocenters. The molecule has 0 saturated heterocycles. The van der Waals surface area contributed by atoms with E-state index in [1.54, 1.807) is 0 Å². The molecule has 118 valence electrons. The quantitative estimate of drug-likeness (QED) is 0.301. The topological polar surface area (TPSA) is 9.23 Å². The number of hydrogen-bond acceptors (Lipinski definition) is 1. The lowest BCUT2D eigenvalue weighted by Gasteiger charge is -2.29. The van der Waals surface area contributed by atoms with Crippen LogP contribution in [0.5, 0.6) is 0 Å². The van der Waals surface area contributed by atoms with E-state index in [0.717, 1.165) is 23.7 Å². The molecule has 0 heterocycles. The molecular weight excluding hydrogens is 258 g/mol. The summed E-state index contributed by atoms with van der Waals surface area (Å²) < 4.78 is 6.78. The average molecular weight is 294 g/mol. The molecule has 0 aliphatic heterocycles. The standard InChI is InChI=1S/C16H36NO.ClH/c1-6-7-8-9-10-11-13-17(4,5)15-18-14-12-16(2)3;/h16H,6-15H2,1-5H3;1H/q+1;/p-1. The molecule has 0 aromatic heterocycles. The van der Waals surface area contributed by atoms with Gasteiger partial charge in [-0.15, -0.1) is 0 Å². The number of ether oxygens (including phenoxy) is 1. The van der Waals surface area contributed by atoms with Crippen molar-refractivity contribution in [2.45, 2.75) is 65.7 Å². The number of halogens is 1. The van der Waals surface area contributed by atoms with E-state index in [1.807, 2.05) is 0 Å². The summed E-state index contributed by atoms with van der Waals surface area (Å²) in [4.78, 5) is 0. The SMILES string of the molecule is CCCCCCCC[N+](C)(C)COCCC(C)C.[Cl-]. The minimum absolute atomic E-state index is 0. The van der Waals surface area contributed by atoms with E-state index < -0.39 is 0 Å². The number of rotatable bonds is 12. The van der Waals surface area contributed by atoms with E-state index in [0.29, 0.717) is 0 Å². The molecule has 0 radical (unpaired) electrons. The number of nitrogens with zero attached hydrogens (tertiary/aromatic N) is 1. The molecule has 0 bridgehead atoms. The lowest BCUT2D eigenvalue weighted by atomic mass is 10.1. The number of unbranched alkanes of at least 4 members (excludes halogenated alkanes) is 5. The van der Waals surface area contributed by atoms with E-state index in [1.165, 1.54) is 51.5 Å². The van der Waals surface area contributed by atoms with Crippen LogP contribution in [-0.4, -0.2) is 38.5 Å². The smallest absolute Gasteiger partial charge is 0.182 e. The lowest BCUT2D eigenvalue weighted by Crippen LogP contribution is -3.00. The van der Waals surface area contributed by atoms with Gasteiger partial charge in [0, 0.05) is 0 Å². The van der Waals surface area contributed by atoms with Gasteiger partial charge in [-0.25, -0.2) is 0 Å².